The van der Waals surface area contributed by atoms with Crippen molar-refractivity contribution in [3.8, 4) is 11.5 Å². The first-order chi connectivity index (χ1) is 8.41. The average Bonchev–Trinajstić information content (AvgIpc) is 2.33. The third kappa shape index (κ3) is 2.21. The molecule has 1 N–H and O–H groups in total. The molecule has 0 saturated heterocycles. The molecule has 2 heteroatoms. The van der Waals surface area contributed by atoms with Crippen molar-refractivity contribution in [1.82, 2.24) is 0 Å². The van der Waals surface area contributed by atoms with Crippen LogP contribution in [-0.4, -0.2) is 11.2 Å². The van der Waals surface area contributed by atoms with Crippen LogP contribution in [0.15, 0.2) is 0 Å². The van der Waals surface area contributed by atoms with E-state index in [0.717, 1.165) is 41.7 Å². The predicted molar refractivity (Wildman–Crippen MR) is 74.5 cm³/mol. The molecule has 0 radical (unpaired) electrons. The van der Waals surface area contributed by atoms with Crippen molar-refractivity contribution in [2.45, 2.75) is 60.0 Å². The van der Waals surface area contributed by atoms with E-state index in [-0.39, 0.29) is 0 Å². The summed E-state index contributed by atoms with van der Waals surface area (Å²) in [6.45, 7) is 10.5. The summed E-state index contributed by atoms with van der Waals surface area (Å²) in [5.74, 6) is 2.13. The van der Waals surface area contributed by atoms with Gasteiger partial charge < -0.3 is 9.84 Å². The zero-order valence-corrected chi connectivity index (χ0v) is 12.1. The largest absolute Gasteiger partial charge is 0.507 e. The van der Waals surface area contributed by atoms with Crippen molar-refractivity contribution in [2.24, 2.45) is 5.92 Å². The van der Waals surface area contributed by atoms with Gasteiger partial charge in [-0.15, -0.1) is 0 Å². The van der Waals surface area contributed by atoms with E-state index in [9.17, 15) is 5.11 Å². The number of phenols is 1. The summed E-state index contributed by atoms with van der Waals surface area (Å²) >= 11 is 0. The van der Waals surface area contributed by atoms with Crippen LogP contribution in [0, 0.1) is 26.7 Å². The molecule has 1 aliphatic rings. The molecule has 1 aliphatic heterocycles. The smallest absolute Gasteiger partial charge is 0.126 e. The molecule has 0 aromatic heterocycles. The van der Waals surface area contributed by atoms with Crippen LogP contribution in [0.3, 0.4) is 0 Å². The first-order valence-corrected chi connectivity index (χ1v) is 6.90. The first kappa shape index (κ1) is 13.3. The molecule has 1 unspecified atom stereocenters. The maximum absolute atomic E-state index is 10.1. The zero-order chi connectivity index (χ0) is 13.4. The van der Waals surface area contributed by atoms with Crippen LogP contribution < -0.4 is 4.74 Å². The SMILES string of the molecule is Cc1c(C)c2c(c(C)c1O)CCC(CC(C)C)O2. The standard InChI is InChI=1S/C16H24O2/c1-9(2)8-13-6-7-14-12(5)15(17)10(3)11(4)16(14)18-13/h9,13,17H,6-8H2,1-5H3. The van der Waals surface area contributed by atoms with Crippen LogP contribution in [0.5, 0.6) is 11.5 Å². The lowest BCUT2D eigenvalue weighted by molar-refractivity contribution is 0.147. The van der Waals surface area contributed by atoms with Crippen LogP contribution in [0.4, 0.5) is 0 Å². The van der Waals surface area contributed by atoms with E-state index < -0.39 is 0 Å². The van der Waals surface area contributed by atoms with Crippen molar-refractivity contribution in [2.75, 3.05) is 0 Å². The number of fused-ring (bicyclic) bond motifs is 1. The van der Waals surface area contributed by atoms with Gasteiger partial charge >= 0.3 is 0 Å². The van der Waals surface area contributed by atoms with E-state index in [1.54, 1.807) is 0 Å². The third-order valence-corrected chi connectivity index (χ3v) is 4.08. The Balaban J connectivity index is 2.38. The van der Waals surface area contributed by atoms with Crippen molar-refractivity contribution in [3.05, 3.63) is 22.3 Å². The van der Waals surface area contributed by atoms with Crippen molar-refractivity contribution in [3.63, 3.8) is 0 Å². The van der Waals surface area contributed by atoms with Crippen molar-refractivity contribution < 1.29 is 9.84 Å². The molecule has 1 aromatic carbocycles. The van der Waals surface area contributed by atoms with Crippen molar-refractivity contribution in [1.29, 1.82) is 0 Å². The highest BCUT2D eigenvalue weighted by atomic mass is 16.5. The highest BCUT2D eigenvalue weighted by molar-refractivity contribution is 5.58. The minimum atomic E-state index is 0.333. The van der Waals surface area contributed by atoms with Gasteiger partial charge in [-0.2, -0.15) is 0 Å². The number of phenolic OH excluding ortho intramolecular Hbond substituents is 1. The highest BCUT2D eigenvalue weighted by Crippen LogP contribution is 2.41. The molecule has 100 valence electrons. The second-order valence-electron chi connectivity index (χ2n) is 5.94. The maximum atomic E-state index is 10.1. The summed E-state index contributed by atoms with van der Waals surface area (Å²) in [4.78, 5) is 0. The Bertz CT molecular complexity index is 461. The van der Waals surface area contributed by atoms with Gasteiger partial charge in [-0.05, 0) is 62.6 Å². The van der Waals surface area contributed by atoms with Crippen LogP contribution in [0.25, 0.3) is 0 Å². The summed E-state index contributed by atoms with van der Waals surface area (Å²) in [5, 5.41) is 10.1. The Kier molecular flexibility index (Phi) is 3.56. The molecular formula is C16H24O2. The molecule has 18 heavy (non-hydrogen) atoms. The van der Waals surface area contributed by atoms with Crippen LogP contribution in [0.1, 0.15) is 48.9 Å². The monoisotopic (exact) mass is 248 g/mol. The van der Waals surface area contributed by atoms with E-state index in [1.807, 2.05) is 20.8 Å². The fourth-order valence-electron chi connectivity index (χ4n) is 2.85. The minimum absolute atomic E-state index is 0.333. The van der Waals surface area contributed by atoms with E-state index >= 15 is 0 Å². The Labute approximate surface area is 110 Å². The van der Waals surface area contributed by atoms with E-state index in [0.29, 0.717) is 17.8 Å². The van der Waals surface area contributed by atoms with Crippen LogP contribution in [0.2, 0.25) is 0 Å². The van der Waals surface area contributed by atoms with Gasteiger partial charge in [0.2, 0.25) is 0 Å². The van der Waals surface area contributed by atoms with Gasteiger partial charge in [0, 0.05) is 5.56 Å². The summed E-state index contributed by atoms with van der Waals surface area (Å²) in [6, 6.07) is 0. The summed E-state index contributed by atoms with van der Waals surface area (Å²) < 4.78 is 6.18. The fourth-order valence-corrected chi connectivity index (χ4v) is 2.85. The Morgan fingerprint density at radius 2 is 1.83 bits per heavy atom. The summed E-state index contributed by atoms with van der Waals surface area (Å²) in [7, 11) is 0. The Morgan fingerprint density at radius 3 is 2.44 bits per heavy atom. The summed E-state index contributed by atoms with van der Waals surface area (Å²) in [5.41, 5.74) is 4.25. The first-order valence-electron chi connectivity index (χ1n) is 6.90. The fraction of sp³-hybridized carbons (Fsp3) is 0.625. The third-order valence-electron chi connectivity index (χ3n) is 4.08. The molecule has 0 amide bonds. The highest BCUT2D eigenvalue weighted by Gasteiger charge is 2.26. The van der Waals surface area contributed by atoms with Gasteiger partial charge in [-0.25, -0.2) is 0 Å². The van der Waals surface area contributed by atoms with E-state index in [1.165, 1.54) is 5.56 Å². The molecule has 0 bridgehead atoms. The molecular weight excluding hydrogens is 224 g/mol. The van der Waals surface area contributed by atoms with Crippen LogP contribution in [-0.2, 0) is 6.42 Å². The molecule has 0 spiro atoms. The number of hydrogen-bond donors (Lipinski definition) is 1. The molecule has 1 aromatic rings. The van der Waals surface area contributed by atoms with Gasteiger partial charge in [0.05, 0.1) is 6.10 Å². The second-order valence-corrected chi connectivity index (χ2v) is 5.94. The van der Waals surface area contributed by atoms with Gasteiger partial charge in [-0.1, -0.05) is 13.8 Å². The van der Waals surface area contributed by atoms with Crippen molar-refractivity contribution >= 4 is 0 Å². The maximum Gasteiger partial charge on any atom is 0.126 e. The zero-order valence-electron chi connectivity index (χ0n) is 12.1. The topological polar surface area (TPSA) is 29.5 Å². The molecule has 0 aliphatic carbocycles. The minimum Gasteiger partial charge on any atom is -0.507 e. The lowest BCUT2D eigenvalue weighted by Gasteiger charge is -2.30. The number of hydrogen-bond acceptors (Lipinski definition) is 2. The molecule has 1 heterocycles. The number of aromatic hydroxyl groups is 1. The summed E-state index contributed by atoms with van der Waals surface area (Å²) in [6.07, 6.45) is 3.53. The van der Waals surface area contributed by atoms with E-state index in [4.69, 9.17) is 4.74 Å². The van der Waals surface area contributed by atoms with Gasteiger partial charge in [0.15, 0.2) is 0 Å². The molecule has 2 rings (SSSR count). The molecule has 1 atom stereocenters. The average molecular weight is 248 g/mol. The number of benzene rings is 1. The van der Waals surface area contributed by atoms with Gasteiger partial charge in [-0.3, -0.25) is 0 Å². The Morgan fingerprint density at radius 1 is 1.17 bits per heavy atom. The predicted octanol–water partition coefficient (Wildman–Crippen LogP) is 4.06. The van der Waals surface area contributed by atoms with Crippen LogP contribution >= 0.6 is 0 Å². The molecule has 0 fully saturated rings. The second kappa shape index (κ2) is 4.83. The lowest BCUT2D eigenvalue weighted by atomic mass is 9.90. The molecule has 2 nitrogen and oxygen atoms in total. The number of rotatable bonds is 2. The quantitative estimate of drug-likeness (QED) is 0.855. The van der Waals surface area contributed by atoms with Gasteiger partial charge in [0.1, 0.15) is 11.5 Å². The molecule has 0 saturated carbocycles. The Hall–Kier alpha value is -1.18. The van der Waals surface area contributed by atoms with Gasteiger partial charge in [0.25, 0.3) is 0 Å². The van der Waals surface area contributed by atoms with E-state index in [2.05, 4.69) is 13.8 Å². The normalized spacial score (nSPS) is 18.7. The lowest BCUT2D eigenvalue weighted by Crippen LogP contribution is -2.25. The number of ether oxygens (including phenoxy) is 1.